The molecule has 0 spiro atoms. The molecule has 0 bridgehead atoms. The van der Waals surface area contributed by atoms with Gasteiger partial charge in [-0.05, 0) is 36.6 Å². The largest absolute Gasteiger partial charge is 0.508 e. The Balaban J connectivity index is 2.18. The Morgan fingerprint density at radius 3 is 1.86 bits per heavy atom. The lowest BCUT2D eigenvalue weighted by Crippen LogP contribution is -2.58. The average Bonchev–Trinajstić information content (AvgIpc) is 2.84. The first kappa shape index (κ1) is 28.8. The van der Waals surface area contributed by atoms with Gasteiger partial charge >= 0.3 is 11.9 Å². The van der Waals surface area contributed by atoms with Crippen molar-refractivity contribution in [2.24, 2.45) is 5.73 Å². The van der Waals surface area contributed by atoms with Crippen LogP contribution in [0.5, 0.6) is 5.75 Å². The summed E-state index contributed by atoms with van der Waals surface area (Å²) in [6.07, 6.45) is -0.743. The van der Waals surface area contributed by atoms with Gasteiger partial charge in [0.05, 0.1) is 12.5 Å². The van der Waals surface area contributed by atoms with Crippen molar-refractivity contribution in [2.45, 2.75) is 50.4 Å². The second kappa shape index (κ2) is 13.6. The van der Waals surface area contributed by atoms with E-state index < -0.39 is 60.2 Å². The van der Waals surface area contributed by atoms with Crippen molar-refractivity contribution in [1.29, 1.82) is 0 Å². The van der Waals surface area contributed by atoms with Gasteiger partial charge in [0.15, 0.2) is 0 Å². The second-order valence-corrected chi connectivity index (χ2v) is 8.46. The van der Waals surface area contributed by atoms with Crippen molar-refractivity contribution < 1.29 is 39.3 Å². The molecule has 0 radical (unpaired) electrons. The number of rotatable bonds is 13. The molecule has 0 aliphatic heterocycles. The molecule has 2 rings (SSSR count). The highest BCUT2D eigenvalue weighted by Gasteiger charge is 2.31. The number of nitrogens with two attached hydrogens (primary N) is 1. The summed E-state index contributed by atoms with van der Waals surface area (Å²) < 4.78 is 0. The van der Waals surface area contributed by atoms with Crippen LogP contribution in [0.4, 0.5) is 0 Å². The first-order chi connectivity index (χ1) is 17.5. The van der Waals surface area contributed by atoms with Gasteiger partial charge in [-0.15, -0.1) is 0 Å². The zero-order valence-corrected chi connectivity index (χ0v) is 20.1. The predicted molar refractivity (Wildman–Crippen MR) is 131 cm³/mol. The van der Waals surface area contributed by atoms with E-state index >= 15 is 0 Å². The highest BCUT2D eigenvalue weighted by atomic mass is 16.4. The summed E-state index contributed by atoms with van der Waals surface area (Å²) in [5, 5.41) is 34.8. The lowest BCUT2D eigenvalue weighted by molar-refractivity contribution is -0.143. The van der Waals surface area contributed by atoms with Gasteiger partial charge in [0.1, 0.15) is 23.9 Å². The maximum atomic E-state index is 13.0. The van der Waals surface area contributed by atoms with E-state index in [1.165, 1.54) is 31.2 Å². The van der Waals surface area contributed by atoms with Gasteiger partial charge in [-0.1, -0.05) is 42.5 Å². The van der Waals surface area contributed by atoms with E-state index in [-0.39, 0.29) is 18.6 Å². The number of amides is 3. The Morgan fingerprint density at radius 1 is 0.757 bits per heavy atom. The van der Waals surface area contributed by atoms with Crippen LogP contribution in [0.15, 0.2) is 54.6 Å². The van der Waals surface area contributed by atoms with Crippen molar-refractivity contribution in [3.63, 3.8) is 0 Å². The van der Waals surface area contributed by atoms with Crippen molar-refractivity contribution in [1.82, 2.24) is 16.0 Å². The predicted octanol–water partition coefficient (Wildman–Crippen LogP) is -0.462. The van der Waals surface area contributed by atoms with Crippen LogP contribution in [0.2, 0.25) is 0 Å². The molecule has 4 atom stereocenters. The third kappa shape index (κ3) is 9.61. The van der Waals surface area contributed by atoms with E-state index in [4.69, 9.17) is 10.8 Å². The quantitative estimate of drug-likeness (QED) is 0.184. The standard InChI is InChI=1S/C25H30N4O8/c1-14(25(36)37)27-23(34)19(12-16-7-9-17(30)10-8-16)29-24(35)20(13-21(31)32)28-22(33)18(26)11-15-5-3-2-4-6-15/h2-10,14,18-20,30H,11-13,26H2,1H3,(H,27,34)(H,28,33)(H,29,35)(H,31,32)(H,36,37). The minimum Gasteiger partial charge on any atom is -0.508 e. The zero-order chi connectivity index (χ0) is 27.5. The summed E-state index contributed by atoms with van der Waals surface area (Å²) in [5.41, 5.74) is 7.23. The van der Waals surface area contributed by atoms with Gasteiger partial charge in [-0.2, -0.15) is 0 Å². The van der Waals surface area contributed by atoms with Gasteiger partial charge < -0.3 is 37.0 Å². The van der Waals surface area contributed by atoms with Crippen LogP contribution >= 0.6 is 0 Å². The fourth-order valence-corrected chi connectivity index (χ4v) is 3.35. The molecule has 2 aromatic carbocycles. The molecule has 12 heteroatoms. The van der Waals surface area contributed by atoms with Gasteiger partial charge in [-0.3, -0.25) is 24.0 Å². The van der Waals surface area contributed by atoms with Crippen LogP contribution in [0.1, 0.15) is 24.5 Å². The molecule has 0 fully saturated rings. The van der Waals surface area contributed by atoms with E-state index in [0.717, 1.165) is 5.56 Å². The van der Waals surface area contributed by atoms with E-state index in [1.54, 1.807) is 30.3 Å². The van der Waals surface area contributed by atoms with Crippen LogP contribution in [0.3, 0.4) is 0 Å². The Hall–Kier alpha value is -4.45. The maximum absolute atomic E-state index is 13.0. The summed E-state index contributed by atoms with van der Waals surface area (Å²) in [6.45, 7) is 1.24. The number of phenols is 1. The SMILES string of the molecule is CC(NC(=O)C(Cc1ccc(O)cc1)NC(=O)C(CC(=O)O)NC(=O)C(N)Cc1ccccc1)C(=O)O. The fraction of sp³-hybridized carbons (Fsp3) is 0.320. The highest BCUT2D eigenvalue weighted by molar-refractivity contribution is 5.95. The van der Waals surface area contributed by atoms with Gasteiger partial charge in [0, 0.05) is 6.42 Å². The number of aromatic hydroxyl groups is 1. The topological polar surface area (TPSA) is 208 Å². The van der Waals surface area contributed by atoms with E-state index in [2.05, 4.69) is 16.0 Å². The summed E-state index contributed by atoms with van der Waals surface area (Å²) in [6, 6.07) is 9.39. The number of carbonyl (C=O) groups is 5. The number of carboxylic acids is 2. The number of nitrogens with one attached hydrogen (secondary N) is 3. The molecule has 3 amide bonds. The Bertz CT molecular complexity index is 1110. The van der Waals surface area contributed by atoms with Crippen molar-refractivity contribution in [2.75, 3.05) is 0 Å². The first-order valence-electron chi connectivity index (χ1n) is 11.4. The maximum Gasteiger partial charge on any atom is 0.325 e. The minimum absolute atomic E-state index is 0.0237. The molecule has 37 heavy (non-hydrogen) atoms. The summed E-state index contributed by atoms with van der Waals surface area (Å²) in [5.74, 6) is -5.27. The average molecular weight is 515 g/mol. The molecule has 8 N–H and O–H groups in total. The van der Waals surface area contributed by atoms with E-state index in [0.29, 0.717) is 5.56 Å². The van der Waals surface area contributed by atoms with Crippen molar-refractivity contribution in [3.05, 3.63) is 65.7 Å². The zero-order valence-electron chi connectivity index (χ0n) is 20.1. The lowest BCUT2D eigenvalue weighted by Gasteiger charge is -2.24. The monoisotopic (exact) mass is 514 g/mol. The number of phenolic OH excluding ortho intramolecular Hbond substituents is 1. The van der Waals surface area contributed by atoms with Crippen molar-refractivity contribution >= 4 is 29.7 Å². The molecule has 0 aliphatic rings. The molecular weight excluding hydrogens is 484 g/mol. The number of carbonyl (C=O) groups excluding carboxylic acids is 3. The first-order valence-corrected chi connectivity index (χ1v) is 11.4. The van der Waals surface area contributed by atoms with Crippen LogP contribution in [0, 0.1) is 0 Å². The Labute approximate surface area is 212 Å². The molecule has 4 unspecified atom stereocenters. The molecule has 0 saturated heterocycles. The molecule has 0 heterocycles. The number of hydrogen-bond acceptors (Lipinski definition) is 7. The number of carboxylic acid groups (broad SMARTS) is 2. The molecule has 198 valence electrons. The van der Waals surface area contributed by atoms with Crippen LogP contribution in [-0.2, 0) is 36.8 Å². The van der Waals surface area contributed by atoms with Crippen LogP contribution < -0.4 is 21.7 Å². The molecular formula is C25H30N4O8. The van der Waals surface area contributed by atoms with E-state index in [9.17, 15) is 34.2 Å². The Morgan fingerprint density at radius 2 is 1.30 bits per heavy atom. The van der Waals surface area contributed by atoms with Gasteiger partial charge in [0.2, 0.25) is 17.7 Å². The normalized spacial score (nSPS) is 13.9. The molecule has 12 nitrogen and oxygen atoms in total. The second-order valence-electron chi connectivity index (χ2n) is 8.46. The fourth-order valence-electron chi connectivity index (χ4n) is 3.35. The van der Waals surface area contributed by atoms with Crippen LogP contribution in [0.25, 0.3) is 0 Å². The smallest absolute Gasteiger partial charge is 0.325 e. The van der Waals surface area contributed by atoms with Gasteiger partial charge in [0.25, 0.3) is 0 Å². The third-order valence-corrected chi connectivity index (χ3v) is 5.39. The molecule has 2 aromatic rings. The third-order valence-electron chi connectivity index (χ3n) is 5.39. The van der Waals surface area contributed by atoms with Crippen LogP contribution in [-0.4, -0.2) is 69.1 Å². The number of benzene rings is 2. The Kier molecular flexibility index (Phi) is 10.6. The number of hydrogen-bond donors (Lipinski definition) is 7. The lowest BCUT2D eigenvalue weighted by atomic mass is 10.0. The highest BCUT2D eigenvalue weighted by Crippen LogP contribution is 2.12. The van der Waals surface area contributed by atoms with E-state index in [1.807, 2.05) is 0 Å². The molecule has 0 aromatic heterocycles. The van der Waals surface area contributed by atoms with Gasteiger partial charge in [-0.25, -0.2) is 0 Å². The molecule has 0 aliphatic carbocycles. The molecule has 0 saturated carbocycles. The minimum atomic E-state index is -1.56. The summed E-state index contributed by atoms with van der Waals surface area (Å²) >= 11 is 0. The summed E-state index contributed by atoms with van der Waals surface area (Å²) in [4.78, 5) is 61.0. The number of aliphatic carboxylic acids is 2. The van der Waals surface area contributed by atoms with Crippen molar-refractivity contribution in [3.8, 4) is 5.75 Å². The summed E-state index contributed by atoms with van der Waals surface area (Å²) in [7, 11) is 0.